The van der Waals surface area contributed by atoms with Gasteiger partial charge in [-0.1, -0.05) is 60.2 Å². The molecule has 0 unspecified atom stereocenters. The van der Waals surface area contributed by atoms with Gasteiger partial charge in [0.15, 0.2) is 0 Å². The van der Waals surface area contributed by atoms with E-state index in [1.165, 1.54) is 44.1 Å². The second-order valence-corrected chi connectivity index (χ2v) is 13.7. The molecule has 0 heterocycles. The molecule has 4 bridgehead atoms. The van der Waals surface area contributed by atoms with Gasteiger partial charge in [-0.05, 0) is 110 Å². The quantitative estimate of drug-likeness (QED) is 0.377. The molecule has 1 atom stereocenters. The Bertz CT molecular complexity index is 1360. The minimum Gasteiger partial charge on any atom is -0.325 e. The Kier molecular flexibility index (Phi) is 6.65. The van der Waals surface area contributed by atoms with Gasteiger partial charge < -0.3 is 5.32 Å². The number of hydrogen-bond acceptors (Lipinski definition) is 3. The molecule has 3 aromatic carbocycles. The fourth-order valence-electron chi connectivity index (χ4n) is 7.61. The molecular formula is C32H36N2O3S. The summed E-state index contributed by atoms with van der Waals surface area (Å²) in [5.74, 6) is 2.26. The second-order valence-electron chi connectivity index (χ2n) is 11.9. The fraction of sp³-hybridized carbons (Fsp3) is 0.406. The first-order valence-electron chi connectivity index (χ1n) is 13.8. The molecule has 3 aromatic rings. The standard InChI is InChI=1S/C32H36N2O3S/c1-22-7-13-29(14-8-22)38(36,37)34-30(18-23-5-3-2-4-6-23)31(35)33-28-11-9-27(10-12-28)32-19-24-15-25(20-32)17-26(16-24)21-32/h2-14,24-26,30,34H,15-21H2,1H3,(H,33,35)/t24?,25?,26?,30-,32?/m0/s1. The van der Waals surface area contributed by atoms with Crippen molar-refractivity contribution in [2.75, 3.05) is 5.32 Å². The van der Waals surface area contributed by atoms with Crippen LogP contribution in [-0.2, 0) is 26.7 Å². The van der Waals surface area contributed by atoms with Gasteiger partial charge in [0.05, 0.1) is 4.90 Å². The first-order chi connectivity index (χ1) is 18.3. The summed E-state index contributed by atoms with van der Waals surface area (Å²) >= 11 is 0. The summed E-state index contributed by atoms with van der Waals surface area (Å²) < 4.78 is 29.0. The first kappa shape index (κ1) is 25.3. The maximum absolute atomic E-state index is 13.4. The molecule has 0 radical (unpaired) electrons. The third-order valence-corrected chi connectivity index (χ3v) is 10.5. The van der Waals surface area contributed by atoms with Gasteiger partial charge in [0.25, 0.3) is 0 Å². The van der Waals surface area contributed by atoms with Gasteiger partial charge in [0.1, 0.15) is 6.04 Å². The summed E-state index contributed by atoms with van der Waals surface area (Å²) in [4.78, 5) is 13.6. The van der Waals surface area contributed by atoms with Crippen molar-refractivity contribution in [1.29, 1.82) is 0 Å². The van der Waals surface area contributed by atoms with Crippen molar-refractivity contribution in [3.05, 3.63) is 95.6 Å². The lowest BCUT2D eigenvalue weighted by Crippen LogP contribution is -2.48. The van der Waals surface area contributed by atoms with Crippen LogP contribution in [0.3, 0.4) is 0 Å². The Morgan fingerprint density at radius 1 is 0.842 bits per heavy atom. The smallest absolute Gasteiger partial charge is 0.242 e. The highest BCUT2D eigenvalue weighted by atomic mass is 32.2. The maximum atomic E-state index is 13.4. The summed E-state index contributed by atoms with van der Waals surface area (Å²) in [7, 11) is -3.88. The van der Waals surface area contributed by atoms with Gasteiger partial charge in [0.2, 0.25) is 15.9 Å². The number of anilines is 1. The van der Waals surface area contributed by atoms with Gasteiger partial charge in [-0.15, -0.1) is 0 Å². The predicted molar refractivity (Wildman–Crippen MR) is 150 cm³/mol. The van der Waals surface area contributed by atoms with E-state index in [1.807, 2.05) is 49.4 Å². The largest absolute Gasteiger partial charge is 0.325 e. The normalized spacial score (nSPS) is 26.7. The van der Waals surface area contributed by atoms with Crippen molar-refractivity contribution in [2.45, 2.75) is 68.2 Å². The molecule has 4 aliphatic carbocycles. The first-order valence-corrected chi connectivity index (χ1v) is 15.3. The highest BCUT2D eigenvalue weighted by molar-refractivity contribution is 7.89. The van der Waals surface area contributed by atoms with Crippen LogP contribution in [0.4, 0.5) is 5.69 Å². The predicted octanol–water partition coefficient (Wildman–Crippen LogP) is 5.99. The molecule has 38 heavy (non-hydrogen) atoms. The Hall–Kier alpha value is -2.96. The van der Waals surface area contributed by atoms with Crippen LogP contribution in [0, 0.1) is 24.7 Å². The zero-order valence-corrected chi connectivity index (χ0v) is 22.7. The Balaban J connectivity index is 1.20. The Morgan fingerprint density at radius 3 is 2.00 bits per heavy atom. The van der Waals surface area contributed by atoms with Gasteiger partial charge in [-0.25, -0.2) is 8.42 Å². The number of hydrogen-bond donors (Lipinski definition) is 2. The van der Waals surface area contributed by atoms with Crippen LogP contribution in [-0.4, -0.2) is 20.4 Å². The van der Waals surface area contributed by atoms with Crippen LogP contribution in [0.5, 0.6) is 0 Å². The third-order valence-electron chi connectivity index (χ3n) is 9.03. The average Bonchev–Trinajstić information content (AvgIpc) is 2.89. The van der Waals surface area contributed by atoms with Crippen molar-refractivity contribution in [3.63, 3.8) is 0 Å². The summed E-state index contributed by atoms with van der Waals surface area (Å²) in [6.07, 6.45) is 8.38. The Morgan fingerprint density at radius 2 is 1.42 bits per heavy atom. The van der Waals surface area contributed by atoms with E-state index in [2.05, 4.69) is 22.2 Å². The lowest BCUT2D eigenvalue weighted by Gasteiger charge is -2.57. The number of carbonyl (C=O) groups is 1. The van der Waals surface area contributed by atoms with E-state index in [1.54, 1.807) is 24.3 Å². The highest BCUT2D eigenvalue weighted by Gasteiger charge is 2.51. The molecule has 4 saturated carbocycles. The summed E-state index contributed by atoms with van der Waals surface area (Å²) in [6.45, 7) is 1.91. The van der Waals surface area contributed by atoms with Crippen molar-refractivity contribution < 1.29 is 13.2 Å². The number of sulfonamides is 1. The monoisotopic (exact) mass is 528 g/mol. The number of nitrogens with one attached hydrogen (secondary N) is 2. The molecule has 7 rings (SSSR count). The van der Waals surface area contributed by atoms with Crippen LogP contribution < -0.4 is 10.0 Å². The minimum atomic E-state index is -3.88. The summed E-state index contributed by atoms with van der Waals surface area (Å²) in [5.41, 5.74) is 4.25. The molecule has 0 aliphatic heterocycles. The number of carbonyl (C=O) groups excluding carboxylic acids is 1. The van der Waals surface area contributed by atoms with Crippen molar-refractivity contribution in [2.24, 2.45) is 17.8 Å². The molecule has 0 saturated heterocycles. The van der Waals surface area contributed by atoms with E-state index in [9.17, 15) is 13.2 Å². The molecule has 0 aromatic heterocycles. The maximum Gasteiger partial charge on any atom is 0.242 e. The van der Waals surface area contributed by atoms with Crippen molar-refractivity contribution >= 4 is 21.6 Å². The molecule has 2 N–H and O–H groups in total. The van der Waals surface area contributed by atoms with Gasteiger partial charge in [0, 0.05) is 5.69 Å². The Labute approximate surface area is 226 Å². The number of benzene rings is 3. The summed E-state index contributed by atoms with van der Waals surface area (Å²) in [6, 6.07) is 23.5. The van der Waals surface area contributed by atoms with E-state index in [-0.39, 0.29) is 17.2 Å². The SMILES string of the molecule is Cc1ccc(S(=O)(=O)N[C@@H](Cc2ccccc2)C(=O)Nc2ccc(C34CC5CC(CC(C5)C3)C4)cc2)cc1. The number of amides is 1. The minimum absolute atomic E-state index is 0.147. The molecule has 0 spiro atoms. The lowest BCUT2D eigenvalue weighted by atomic mass is 9.48. The molecule has 4 aliphatic rings. The molecular weight excluding hydrogens is 492 g/mol. The van der Waals surface area contributed by atoms with E-state index in [0.29, 0.717) is 11.1 Å². The third kappa shape index (κ3) is 5.16. The fourth-order valence-corrected chi connectivity index (χ4v) is 8.81. The number of rotatable bonds is 8. The van der Waals surface area contributed by atoms with E-state index in [0.717, 1.165) is 28.9 Å². The molecule has 1 amide bonds. The van der Waals surface area contributed by atoms with Crippen LogP contribution in [0.15, 0.2) is 83.8 Å². The molecule has 5 nitrogen and oxygen atoms in total. The van der Waals surface area contributed by atoms with Gasteiger partial charge >= 0.3 is 0 Å². The topological polar surface area (TPSA) is 75.3 Å². The average molecular weight is 529 g/mol. The van der Waals surface area contributed by atoms with Crippen LogP contribution in [0.2, 0.25) is 0 Å². The number of aryl methyl sites for hydroxylation is 1. The van der Waals surface area contributed by atoms with E-state index >= 15 is 0 Å². The molecule has 198 valence electrons. The second kappa shape index (κ2) is 9.97. The van der Waals surface area contributed by atoms with Crippen LogP contribution in [0.25, 0.3) is 0 Å². The van der Waals surface area contributed by atoms with Gasteiger partial charge in [-0.3, -0.25) is 4.79 Å². The van der Waals surface area contributed by atoms with E-state index < -0.39 is 16.1 Å². The van der Waals surface area contributed by atoms with Crippen LogP contribution in [0.1, 0.15) is 55.2 Å². The van der Waals surface area contributed by atoms with Gasteiger partial charge in [-0.2, -0.15) is 4.72 Å². The summed E-state index contributed by atoms with van der Waals surface area (Å²) in [5, 5.41) is 2.98. The lowest BCUT2D eigenvalue weighted by molar-refractivity contribution is -0.117. The van der Waals surface area contributed by atoms with Crippen molar-refractivity contribution in [3.8, 4) is 0 Å². The van der Waals surface area contributed by atoms with Crippen LogP contribution >= 0.6 is 0 Å². The zero-order valence-electron chi connectivity index (χ0n) is 21.9. The van der Waals surface area contributed by atoms with E-state index in [4.69, 9.17) is 0 Å². The molecule has 6 heteroatoms. The molecule has 4 fully saturated rings. The highest BCUT2D eigenvalue weighted by Crippen LogP contribution is 2.60. The zero-order chi connectivity index (χ0) is 26.3. The van der Waals surface area contributed by atoms with Crippen molar-refractivity contribution in [1.82, 2.24) is 4.72 Å².